The molecule has 0 atom stereocenters. The second-order valence-corrected chi connectivity index (χ2v) is 4.70. The first-order chi connectivity index (χ1) is 10.2. The molecule has 2 heterocycles. The molecular weight excluding hydrogens is 258 g/mol. The first kappa shape index (κ1) is 19.7. The van der Waals surface area contributed by atoms with E-state index in [1.807, 2.05) is 46.9 Å². The molecule has 0 saturated carbocycles. The second kappa shape index (κ2) is 11.3. The van der Waals surface area contributed by atoms with Gasteiger partial charge in [-0.1, -0.05) is 40.3 Å². The maximum atomic E-state index is 4.35. The van der Waals surface area contributed by atoms with Crippen LogP contribution in [0.25, 0.3) is 6.08 Å². The number of rotatable bonds is 3. The van der Waals surface area contributed by atoms with Crippen molar-refractivity contribution in [3.8, 4) is 0 Å². The van der Waals surface area contributed by atoms with Gasteiger partial charge in [-0.3, -0.25) is 0 Å². The van der Waals surface area contributed by atoms with Crippen molar-refractivity contribution in [1.82, 2.24) is 9.88 Å². The number of piperidine rings is 1. The molecule has 0 spiro atoms. The molecule has 1 aliphatic heterocycles. The van der Waals surface area contributed by atoms with Gasteiger partial charge in [0, 0.05) is 23.4 Å². The Labute approximate surface area is 131 Å². The van der Waals surface area contributed by atoms with Gasteiger partial charge in [0.25, 0.3) is 0 Å². The van der Waals surface area contributed by atoms with E-state index in [2.05, 4.69) is 34.6 Å². The van der Waals surface area contributed by atoms with Crippen molar-refractivity contribution in [2.24, 2.45) is 4.99 Å². The minimum absolute atomic E-state index is 0.644. The Balaban J connectivity index is 0.000000921. The predicted octanol–water partition coefficient (Wildman–Crippen LogP) is 5.24. The van der Waals surface area contributed by atoms with Gasteiger partial charge in [-0.2, -0.15) is 0 Å². The number of aliphatic imine (C=N–C) groups is 1. The van der Waals surface area contributed by atoms with Crippen molar-refractivity contribution >= 4 is 18.1 Å². The molecule has 0 bridgehead atoms. The third-order valence-electron chi connectivity index (χ3n) is 3.48. The molecule has 2 rings (SSSR count). The van der Waals surface area contributed by atoms with Crippen molar-refractivity contribution in [3.05, 3.63) is 23.9 Å². The Morgan fingerprint density at radius 2 is 1.81 bits per heavy atom. The molecule has 3 heteroatoms. The molecular formula is C18H33N3. The molecule has 0 aromatic carbocycles. The molecule has 0 radical (unpaired) electrons. The fourth-order valence-electron chi connectivity index (χ4n) is 2.41. The summed E-state index contributed by atoms with van der Waals surface area (Å²) in [6.07, 6.45) is 6.14. The van der Waals surface area contributed by atoms with Crippen LogP contribution in [0, 0.1) is 0 Å². The molecule has 3 nitrogen and oxygen atoms in total. The zero-order chi connectivity index (χ0) is 16.3. The average molecular weight is 291 g/mol. The largest absolute Gasteiger partial charge is 0.343 e. The molecule has 1 fully saturated rings. The van der Waals surface area contributed by atoms with Gasteiger partial charge in [0.1, 0.15) is 5.82 Å². The third-order valence-corrected chi connectivity index (χ3v) is 3.48. The van der Waals surface area contributed by atoms with Gasteiger partial charge in [-0.15, -0.1) is 0 Å². The number of likely N-dealkylation sites (tertiary alicyclic amines) is 1. The summed E-state index contributed by atoms with van der Waals surface area (Å²) >= 11 is 0. The fraction of sp³-hybridized carbons (Fsp3) is 0.611. The molecule has 1 aliphatic rings. The smallest absolute Gasteiger partial charge is 0.136 e. The van der Waals surface area contributed by atoms with E-state index in [-0.39, 0.29) is 0 Å². The van der Waals surface area contributed by atoms with Crippen LogP contribution < -0.4 is 0 Å². The Kier molecular flexibility index (Phi) is 10.6. The lowest BCUT2D eigenvalue weighted by molar-refractivity contribution is 0.253. The molecule has 1 aromatic heterocycles. The Morgan fingerprint density at radius 3 is 2.29 bits per heavy atom. The number of aromatic nitrogens is 1. The van der Waals surface area contributed by atoms with E-state index in [1.165, 1.54) is 31.6 Å². The van der Waals surface area contributed by atoms with Gasteiger partial charge >= 0.3 is 0 Å². The first-order valence-corrected chi connectivity index (χ1v) is 8.27. The van der Waals surface area contributed by atoms with E-state index >= 15 is 0 Å². The van der Waals surface area contributed by atoms with Gasteiger partial charge in [-0.25, -0.2) is 4.99 Å². The summed E-state index contributed by atoms with van der Waals surface area (Å²) in [7, 11) is 2.19. The summed E-state index contributed by atoms with van der Waals surface area (Å²) in [5.41, 5.74) is 2.42. The van der Waals surface area contributed by atoms with Crippen molar-refractivity contribution < 1.29 is 0 Å². The molecule has 120 valence electrons. The summed E-state index contributed by atoms with van der Waals surface area (Å²) in [6.45, 7) is 16.1. The van der Waals surface area contributed by atoms with E-state index in [0.29, 0.717) is 5.92 Å². The van der Waals surface area contributed by atoms with Crippen LogP contribution in [0.5, 0.6) is 0 Å². The lowest BCUT2D eigenvalue weighted by atomic mass is 9.94. The highest BCUT2D eigenvalue weighted by atomic mass is 15.1. The summed E-state index contributed by atoms with van der Waals surface area (Å²) in [5.74, 6) is 1.59. The molecule has 0 aliphatic carbocycles. The summed E-state index contributed by atoms with van der Waals surface area (Å²) in [5, 5.41) is 0. The number of nitrogens with zero attached hydrogens (tertiary/aromatic N) is 2. The average Bonchev–Trinajstić information content (AvgIpc) is 2.95. The quantitative estimate of drug-likeness (QED) is 0.758. The van der Waals surface area contributed by atoms with E-state index in [4.69, 9.17) is 0 Å². The van der Waals surface area contributed by atoms with Gasteiger partial charge in [0.05, 0.1) is 0 Å². The van der Waals surface area contributed by atoms with E-state index in [9.17, 15) is 0 Å². The van der Waals surface area contributed by atoms with Gasteiger partial charge in [-0.05, 0) is 46.0 Å². The highest BCUT2D eigenvalue weighted by molar-refractivity contribution is 5.67. The van der Waals surface area contributed by atoms with Crippen molar-refractivity contribution in [2.75, 3.05) is 20.1 Å². The Morgan fingerprint density at radius 1 is 1.24 bits per heavy atom. The van der Waals surface area contributed by atoms with Crippen LogP contribution in [0.2, 0.25) is 0 Å². The molecule has 1 aromatic rings. The molecule has 0 unspecified atom stereocenters. The van der Waals surface area contributed by atoms with Crippen molar-refractivity contribution in [3.63, 3.8) is 0 Å². The number of H-pyrrole nitrogens is 1. The first-order valence-electron chi connectivity index (χ1n) is 8.27. The minimum atomic E-state index is 0.644. The minimum Gasteiger partial charge on any atom is -0.343 e. The van der Waals surface area contributed by atoms with Gasteiger partial charge in [0.15, 0.2) is 0 Å². The summed E-state index contributed by atoms with van der Waals surface area (Å²) < 4.78 is 0. The van der Waals surface area contributed by atoms with Crippen molar-refractivity contribution in [2.45, 2.75) is 53.4 Å². The topological polar surface area (TPSA) is 31.4 Å². The van der Waals surface area contributed by atoms with Crippen LogP contribution in [0.1, 0.15) is 64.6 Å². The predicted molar refractivity (Wildman–Crippen MR) is 96.9 cm³/mol. The number of nitrogens with one attached hydrogen (secondary N) is 1. The highest BCUT2D eigenvalue weighted by Gasteiger charge is 2.20. The molecule has 21 heavy (non-hydrogen) atoms. The van der Waals surface area contributed by atoms with Gasteiger partial charge in [0.2, 0.25) is 0 Å². The molecule has 1 N–H and O–H groups in total. The zero-order valence-corrected chi connectivity index (χ0v) is 14.7. The van der Waals surface area contributed by atoms with Crippen LogP contribution in [0.15, 0.2) is 17.6 Å². The maximum Gasteiger partial charge on any atom is 0.136 e. The zero-order valence-electron chi connectivity index (χ0n) is 14.7. The van der Waals surface area contributed by atoms with Gasteiger partial charge < -0.3 is 9.88 Å². The second-order valence-electron chi connectivity index (χ2n) is 4.70. The molecule has 1 saturated heterocycles. The Hall–Kier alpha value is -1.35. The number of aromatic amines is 1. The van der Waals surface area contributed by atoms with Crippen LogP contribution in [-0.4, -0.2) is 36.2 Å². The number of hydrogen-bond acceptors (Lipinski definition) is 2. The normalized spacial score (nSPS) is 15.9. The monoisotopic (exact) mass is 291 g/mol. The summed E-state index contributed by atoms with van der Waals surface area (Å²) in [6, 6.07) is 2.20. The van der Waals surface area contributed by atoms with Crippen LogP contribution in [-0.2, 0) is 0 Å². The van der Waals surface area contributed by atoms with Crippen LogP contribution >= 0.6 is 0 Å². The maximum absolute atomic E-state index is 4.35. The van der Waals surface area contributed by atoms with E-state index in [1.54, 1.807) is 0 Å². The summed E-state index contributed by atoms with van der Waals surface area (Å²) in [4.78, 5) is 10.2. The number of hydrogen-bond donors (Lipinski definition) is 1. The van der Waals surface area contributed by atoms with E-state index in [0.717, 1.165) is 11.4 Å². The van der Waals surface area contributed by atoms with Crippen molar-refractivity contribution in [1.29, 1.82) is 0 Å². The van der Waals surface area contributed by atoms with Crippen LogP contribution in [0.3, 0.4) is 0 Å². The standard InChI is InChI=1S/C14H21N3.2C2H6/c1-4-11-10-13(16-14(11)15-5-2)12-6-8-17(3)9-7-12;2*1-2/h4-5,10,12,16H,1,6-9H2,2-3H3;2*1-2H3/b15-5-;;. The highest BCUT2D eigenvalue weighted by Crippen LogP contribution is 2.31. The van der Waals surface area contributed by atoms with Crippen LogP contribution in [0.4, 0.5) is 5.82 Å². The lowest BCUT2D eigenvalue weighted by Gasteiger charge is -2.28. The lowest BCUT2D eigenvalue weighted by Crippen LogP contribution is -2.29. The molecule has 0 amide bonds. The third kappa shape index (κ3) is 5.88. The van der Waals surface area contributed by atoms with E-state index < -0.39 is 0 Å². The SMILES string of the molecule is C=Cc1cc(C2CCN(C)CC2)[nH]c1/N=C\C.CC.CC. The Bertz CT molecular complexity index is 410. The fourth-order valence-corrected chi connectivity index (χ4v) is 2.41.